The number of anilines is 2. The minimum atomic E-state index is -0.458. The van der Waals surface area contributed by atoms with E-state index in [1.165, 1.54) is 13.2 Å². The van der Waals surface area contributed by atoms with Crippen LogP contribution in [0.15, 0.2) is 12.1 Å². The van der Waals surface area contributed by atoms with E-state index in [-0.39, 0.29) is 5.75 Å². The summed E-state index contributed by atoms with van der Waals surface area (Å²) in [6, 6.07) is 2.81. The van der Waals surface area contributed by atoms with Gasteiger partial charge in [0.25, 0.3) is 0 Å². The van der Waals surface area contributed by atoms with Gasteiger partial charge in [0.2, 0.25) is 0 Å². The van der Waals surface area contributed by atoms with E-state index in [0.717, 1.165) is 0 Å². The van der Waals surface area contributed by atoms with Crippen molar-refractivity contribution in [3.05, 3.63) is 17.9 Å². The molecule has 0 aliphatic heterocycles. The van der Waals surface area contributed by atoms with Crippen LogP contribution in [0.1, 0.15) is 6.92 Å². The van der Waals surface area contributed by atoms with E-state index in [0.29, 0.717) is 30.4 Å². The zero-order valence-electron chi connectivity index (χ0n) is 10.4. The van der Waals surface area contributed by atoms with Crippen molar-refractivity contribution in [2.45, 2.75) is 6.92 Å². The molecule has 0 bridgehead atoms. The monoisotopic (exact) mass is 242 g/mol. The molecule has 1 aromatic carbocycles. The number of ether oxygens (including phenoxy) is 2. The third-order valence-electron chi connectivity index (χ3n) is 2.42. The van der Waals surface area contributed by atoms with Crippen molar-refractivity contribution in [1.82, 2.24) is 0 Å². The Balaban J connectivity index is 2.70. The van der Waals surface area contributed by atoms with E-state index >= 15 is 0 Å². The van der Waals surface area contributed by atoms with Crippen molar-refractivity contribution in [3.8, 4) is 5.75 Å². The summed E-state index contributed by atoms with van der Waals surface area (Å²) >= 11 is 0. The van der Waals surface area contributed by atoms with Gasteiger partial charge in [-0.25, -0.2) is 4.39 Å². The molecule has 0 radical (unpaired) electrons. The van der Waals surface area contributed by atoms with Crippen LogP contribution in [0.3, 0.4) is 0 Å². The number of nitrogens with one attached hydrogen (secondary N) is 1. The molecule has 0 aliphatic carbocycles. The van der Waals surface area contributed by atoms with E-state index in [1.807, 2.05) is 6.92 Å². The molecule has 1 aromatic rings. The largest absolute Gasteiger partial charge is 0.494 e. The van der Waals surface area contributed by atoms with Gasteiger partial charge in [-0.2, -0.15) is 0 Å². The maximum atomic E-state index is 13.3. The van der Waals surface area contributed by atoms with Gasteiger partial charge >= 0.3 is 0 Å². The summed E-state index contributed by atoms with van der Waals surface area (Å²) < 4.78 is 23.2. The van der Waals surface area contributed by atoms with E-state index in [4.69, 9.17) is 15.2 Å². The summed E-state index contributed by atoms with van der Waals surface area (Å²) in [7, 11) is 3.08. The van der Waals surface area contributed by atoms with Crippen molar-refractivity contribution in [2.24, 2.45) is 5.92 Å². The van der Waals surface area contributed by atoms with Crippen molar-refractivity contribution in [1.29, 1.82) is 0 Å². The van der Waals surface area contributed by atoms with Gasteiger partial charge in [0.1, 0.15) is 0 Å². The van der Waals surface area contributed by atoms with E-state index in [1.54, 1.807) is 13.2 Å². The number of nitrogen functional groups attached to an aromatic ring is 1. The highest BCUT2D eigenvalue weighted by molar-refractivity contribution is 5.68. The predicted molar refractivity (Wildman–Crippen MR) is 66.9 cm³/mol. The average Bonchev–Trinajstić information content (AvgIpc) is 2.28. The molecule has 0 saturated carbocycles. The molecular formula is C12H19FN2O2. The lowest BCUT2D eigenvalue weighted by Crippen LogP contribution is -2.16. The summed E-state index contributed by atoms with van der Waals surface area (Å²) in [6.45, 7) is 3.41. The first-order valence-corrected chi connectivity index (χ1v) is 5.44. The first kappa shape index (κ1) is 13.6. The number of rotatable bonds is 6. The van der Waals surface area contributed by atoms with Crippen molar-refractivity contribution in [3.63, 3.8) is 0 Å². The quantitative estimate of drug-likeness (QED) is 0.750. The standard InChI is InChI=1S/C12H19FN2O2/c1-8(7-16-2)6-15-11-5-12(17-3)9(13)4-10(11)14/h4-5,8,15H,6-7,14H2,1-3H3. The highest BCUT2D eigenvalue weighted by atomic mass is 19.1. The normalized spacial score (nSPS) is 12.2. The Morgan fingerprint density at radius 3 is 2.71 bits per heavy atom. The molecule has 5 heteroatoms. The van der Waals surface area contributed by atoms with Crippen LogP contribution in [-0.2, 0) is 4.74 Å². The Morgan fingerprint density at radius 1 is 1.41 bits per heavy atom. The first-order chi connectivity index (χ1) is 8.08. The Hall–Kier alpha value is -1.49. The van der Waals surface area contributed by atoms with Crippen LogP contribution < -0.4 is 15.8 Å². The SMILES string of the molecule is COCC(C)CNc1cc(OC)c(F)cc1N. The van der Waals surface area contributed by atoms with Crippen molar-refractivity contribution >= 4 is 11.4 Å². The maximum Gasteiger partial charge on any atom is 0.167 e. The zero-order chi connectivity index (χ0) is 12.8. The summed E-state index contributed by atoms with van der Waals surface area (Å²) in [5, 5.41) is 3.15. The maximum absolute atomic E-state index is 13.3. The fourth-order valence-corrected chi connectivity index (χ4v) is 1.51. The summed E-state index contributed by atoms with van der Waals surface area (Å²) in [6.07, 6.45) is 0. The molecule has 1 rings (SSSR count). The van der Waals surface area contributed by atoms with Crippen LogP contribution >= 0.6 is 0 Å². The molecule has 0 aliphatic rings. The highest BCUT2D eigenvalue weighted by Crippen LogP contribution is 2.27. The summed E-state index contributed by atoms with van der Waals surface area (Å²) in [5.41, 5.74) is 6.76. The molecule has 0 amide bonds. The summed E-state index contributed by atoms with van der Waals surface area (Å²) in [5.74, 6) is 0.0667. The predicted octanol–water partition coefficient (Wildman–Crippen LogP) is 2.11. The Bertz CT molecular complexity index is 372. The smallest absolute Gasteiger partial charge is 0.167 e. The fourth-order valence-electron chi connectivity index (χ4n) is 1.51. The topological polar surface area (TPSA) is 56.5 Å². The average molecular weight is 242 g/mol. The number of hydrogen-bond acceptors (Lipinski definition) is 4. The number of nitrogens with two attached hydrogens (primary N) is 1. The molecule has 1 unspecified atom stereocenters. The lowest BCUT2D eigenvalue weighted by atomic mass is 10.2. The second-order valence-corrected chi connectivity index (χ2v) is 4.02. The number of halogens is 1. The van der Waals surface area contributed by atoms with E-state index < -0.39 is 5.82 Å². The number of methoxy groups -OCH3 is 2. The van der Waals surface area contributed by atoms with Gasteiger partial charge in [0.05, 0.1) is 25.1 Å². The molecule has 0 aromatic heterocycles. The van der Waals surface area contributed by atoms with Crippen LogP contribution in [0.4, 0.5) is 15.8 Å². The molecule has 0 heterocycles. The minimum absolute atomic E-state index is 0.182. The fraction of sp³-hybridized carbons (Fsp3) is 0.500. The lowest BCUT2D eigenvalue weighted by Gasteiger charge is -2.15. The summed E-state index contributed by atoms with van der Waals surface area (Å²) in [4.78, 5) is 0. The molecule has 17 heavy (non-hydrogen) atoms. The third-order valence-corrected chi connectivity index (χ3v) is 2.42. The Kier molecular flexibility index (Phi) is 5.03. The molecule has 1 atom stereocenters. The molecule has 96 valence electrons. The second kappa shape index (κ2) is 6.30. The van der Waals surface area contributed by atoms with Crippen LogP contribution in [0.2, 0.25) is 0 Å². The lowest BCUT2D eigenvalue weighted by molar-refractivity contribution is 0.164. The Morgan fingerprint density at radius 2 is 2.12 bits per heavy atom. The first-order valence-electron chi connectivity index (χ1n) is 5.44. The number of benzene rings is 1. The van der Waals surface area contributed by atoms with Gasteiger partial charge in [-0.3, -0.25) is 0 Å². The molecule has 3 N–H and O–H groups in total. The van der Waals surface area contributed by atoms with E-state index in [9.17, 15) is 4.39 Å². The molecule has 0 spiro atoms. The zero-order valence-corrected chi connectivity index (χ0v) is 10.4. The molecule has 0 fully saturated rings. The van der Waals surface area contributed by atoms with Gasteiger partial charge in [0.15, 0.2) is 11.6 Å². The van der Waals surface area contributed by atoms with Gasteiger partial charge < -0.3 is 20.5 Å². The molecule has 4 nitrogen and oxygen atoms in total. The molecular weight excluding hydrogens is 223 g/mol. The minimum Gasteiger partial charge on any atom is -0.494 e. The number of hydrogen-bond donors (Lipinski definition) is 2. The van der Waals surface area contributed by atoms with Gasteiger partial charge in [-0.05, 0) is 5.92 Å². The van der Waals surface area contributed by atoms with Gasteiger partial charge in [0, 0.05) is 25.8 Å². The van der Waals surface area contributed by atoms with Crippen molar-refractivity contribution < 1.29 is 13.9 Å². The van der Waals surface area contributed by atoms with Crippen LogP contribution in [0, 0.1) is 11.7 Å². The third kappa shape index (κ3) is 3.78. The van der Waals surface area contributed by atoms with Crippen LogP contribution in [0.5, 0.6) is 5.75 Å². The van der Waals surface area contributed by atoms with Gasteiger partial charge in [-0.15, -0.1) is 0 Å². The van der Waals surface area contributed by atoms with Crippen molar-refractivity contribution in [2.75, 3.05) is 38.4 Å². The van der Waals surface area contributed by atoms with E-state index in [2.05, 4.69) is 5.32 Å². The van der Waals surface area contributed by atoms with Gasteiger partial charge in [-0.1, -0.05) is 6.92 Å². The van der Waals surface area contributed by atoms with Crippen LogP contribution in [-0.4, -0.2) is 27.4 Å². The molecule has 0 saturated heterocycles. The van der Waals surface area contributed by atoms with Crippen LogP contribution in [0.25, 0.3) is 0 Å². The second-order valence-electron chi connectivity index (χ2n) is 4.02. The highest BCUT2D eigenvalue weighted by Gasteiger charge is 2.09. The Labute approximate surface area is 101 Å².